The molecule has 7 nitrogen and oxygen atoms in total. The van der Waals surface area contributed by atoms with E-state index in [-0.39, 0.29) is 34.4 Å². The molecule has 0 spiro atoms. The third-order valence-corrected chi connectivity index (χ3v) is 10.5. The minimum atomic E-state index is -4.57. The van der Waals surface area contributed by atoms with Crippen LogP contribution in [0.4, 0.5) is 24.0 Å². The zero-order valence-corrected chi connectivity index (χ0v) is 25.7. The van der Waals surface area contributed by atoms with Crippen LogP contribution in [0.3, 0.4) is 0 Å². The van der Waals surface area contributed by atoms with Crippen molar-refractivity contribution in [3.05, 3.63) is 48.6 Å². The smallest absolute Gasteiger partial charge is 0.410 e. The summed E-state index contributed by atoms with van der Waals surface area (Å²) in [4.78, 5) is 28.3. The van der Waals surface area contributed by atoms with Gasteiger partial charge < -0.3 is 15.4 Å². The van der Waals surface area contributed by atoms with E-state index in [1.165, 1.54) is 22.7 Å². The van der Waals surface area contributed by atoms with Gasteiger partial charge in [0.15, 0.2) is 11.7 Å². The molecule has 0 radical (unpaired) electrons. The van der Waals surface area contributed by atoms with Crippen LogP contribution in [0.25, 0.3) is 0 Å². The predicted molar refractivity (Wildman–Crippen MR) is 154 cm³/mol. The molecule has 1 aliphatic heterocycles. The first kappa shape index (κ1) is 29.1. The monoisotopic (exact) mass is 658 g/mol. The van der Waals surface area contributed by atoms with Crippen molar-refractivity contribution in [1.29, 1.82) is 0 Å². The lowest BCUT2D eigenvalue weighted by Crippen LogP contribution is -2.35. The number of esters is 1. The molecule has 2 aliphatic rings. The number of halogens is 4. The number of hydrogen-bond donors (Lipinski definition) is 2. The van der Waals surface area contributed by atoms with Crippen LogP contribution in [0.15, 0.2) is 22.0 Å². The lowest BCUT2D eigenvalue weighted by Gasteiger charge is -2.33. The molecule has 0 saturated heterocycles. The largest absolute Gasteiger partial charge is 0.462 e. The van der Waals surface area contributed by atoms with Crippen LogP contribution < -0.4 is 10.6 Å². The lowest BCUT2D eigenvalue weighted by atomic mass is 9.72. The van der Waals surface area contributed by atoms with Crippen LogP contribution in [-0.2, 0) is 17.6 Å². The number of carbonyl (C=O) groups excluding carboxylic acids is 2. The molecule has 0 aromatic carbocycles. The number of amides is 1. The van der Waals surface area contributed by atoms with E-state index in [9.17, 15) is 22.8 Å². The van der Waals surface area contributed by atoms with Crippen LogP contribution in [0.1, 0.15) is 88.8 Å². The molecule has 216 valence electrons. The number of carbonyl (C=O) groups is 2. The zero-order chi connectivity index (χ0) is 29.0. The van der Waals surface area contributed by atoms with Crippen molar-refractivity contribution in [2.45, 2.75) is 71.6 Å². The SMILES string of the molecule is CCOC(=O)c1c(NC(=O)c2nn3c(c2Br)N[C@@H](c2cccs2)C[C@H]3C(F)(F)F)sc2c1CCC(C(C)(C)C)C2. The number of ether oxygens (including phenoxy) is 1. The Labute approximate surface area is 246 Å². The average Bonchev–Trinajstić information content (AvgIpc) is 3.60. The van der Waals surface area contributed by atoms with Crippen LogP contribution in [0.2, 0.25) is 0 Å². The summed E-state index contributed by atoms with van der Waals surface area (Å²) in [5.74, 6) is -0.736. The first-order valence-electron chi connectivity index (χ1n) is 13.1. The number of thiophene rings is 2. The molecule has 0 saturated carbocycles. The van der Waals surface area contributed by atoms with Gasteiger partial charge in [0.1, 0.15) is 10.8 Å². The van der Waals surface area contributed by atoms with Gasteiger partial charge in [0.2, 0.25) is 0 Å². The number of nitrogens with zero attached hydrogens (tertiary/aromatic N) is 2. The second-order valence-corrected chi connectivity index (χ2v) is 14.0. The van der Waals surface area contributed by atoms with Gasteiger partial charge in [-0.25, -0.2) is 9.48 Å². The van der Waals surface area contributed by atoms with Crippen LogP contribution >= 0.6 is 38.6 Å². The number of nitrogens with one attached hydrogen (secondary N) is 2. The number of aromatic nitrogens is 2. The topological polar surface area (TPSA) is 85.2 Å². The normalized spacial score (nSPS) is 20.9. The number of rotatable bonds is 5. The van der Waals surface area contributed by atoms with Crippen molar-refractivity contribution in [2.75, 3.05) is 17.2 Å². The summed E-state index contributed by atoms with van der Waals surface area (Å²) in [6.07, 6.45) is -2.47. The molecule has 0 fully saturated rings. The minimum absolute atomic E-state index is 0.0819. The summed E-state index contributed by atoms with van der Waals surface area (Å²) in [5.41, 5.74) is 1.09. The molecule has 2 N–H and O–H groups in total. The van der Waals surface area contributed by atoms with Crippen LogP contribution in [-0.4, -0.2) is 34.4 Å². The first-order chi connectivity index (χ1) is 18.8. The maximum atomic E-state index is 14.1. The van der Waals surface area contributed by atoms with Gasteiger partial charge in [0.05, 0.1) is 22.7 Å². The fourth-order valence-corrected chi connectivity index (χ4v) is 8.06. The van der Waals surface area contributed by atoms with E-state index in [1.807, 2.05) is 5.38 Å². The van der Waals surface area contributed by atoms with E-state index < -0.39 is 30.1 Å². The second kappa shape index (κ2) is 10.8. The van der Waals surface area contributed by atoms with Crippen molar-refractivity contribution >= 4 is 61.3 Å². The van der Waals surface area contributed by atoms with Crippen molar-refractivity contribution in [2.24, 2.45) is 11.3 Å². The maximum Gasteiger partial charge on any atom is 0.410 e. The van der Waals surface area contributed by atoms with Gasteiger partial charge >= 0.3 is 12.1 Å². The molecular weight excluding hydrogens is 629 g/mol. The molecule has 1 aliphatic carbocycles. The molecule has 4 heterocycles. The maximum absolute atomic E-state index is 14.1. The Kier molecular flexibility index (Phi) is 7.86. The lowest BCUT2D eigenvalue weighted by molar-refractivity contribution is -0.173. The highest BCUT2D eigenvalue weighted by atomic mass is 79.9. The first-order valence-corrected chi connectivity index (χ1v) is 15.6. The van der Waals surface area contributed by atoms with E-state index in [2.05, 4.69) is 52.4 Å². The predicted octanol–water partition coefficient (Wildman–Crippen LogP) is 8.01. The van der Waals surface area contributed by atoms with E-state index in [4.69, 9.17) is 4.74 Å². The molecule has 13 heteroatoms. The molecule has 0 bridgehead atoms. The van der Waals surface area contributed by atoms with Crippen LogP contribution in [0.5, 0.6) is 0 Å². The highest BCUT2D eigenvalue weighted by Crippen LogP contribution is 2.48. The highest BCUT2D eigenvalue weighted by Gasteiger charge is 2.48. The van der Waals surface area contributed by atoms with Gasteiger partial charge in [-0.3, -0.25) is 4.79 Å². The summed E-state index contributed by atoms with van der Waals surface area (Å²) in [6, 6.07) is 1.07. The number of alkyl halides is 3. The summed E-state index contributed by atoms with van der Waals surface area (Å²) < 4.78 is 48.7. The van der Waals surface area contributed by atoms with Gasteiger partial charge in [-0.1, -0.05) is 26.8 Å². The van der Waals surface area contributed by atoms with Gasteiger partial charge in [0, 0.05) is 16.2 Å². The summed E-state index contributed by atoms with van der Waals surface area (Å²) in [7, 11) is 0. The third kappa shape index (κ3) is 5.44. The molecule has 5 rings (SSSR count). The Morgan fingerprint density at radius 1 is 1.30 bits per heavy atom. The van der Waals surface area contributed by atoms with E-state index >= 15 is 0 Å². The van der Waals surface area contributed by atoms with Crippen molar-refractivity contribution in [3.63, 3.8) is 0 Å². The highest BCUT2D eigenvalue weighted by molar-refractivity contribution is 9.10. The quantitative estimate of drug-likeness (QED) is 0.271. The van der Waals surface area contributed by atoms with Gasteiger partial charge in [-0.05, 0) is 70.5 Å². The van der Waals surface area contributed by atoms with E-state index in [1.54, 1.807) is 19.1 Å². The Bertz CT molecular complexity index is 1430. The summed E-state index contributed by atoms with van der Waals surface area (Å²) in [6.45, 7) is 8.46. The molecule has 1 unspecified atom stereocenters. The average molecular weight is 660 g/mol. The van der Waals surface area contributed by atoms with Crippen LogP contribution in [0, 0.1) is 11.3 Å². The number of fused-ring (bicyclic) bond motifs is 2. The summed E-state index contributed by atoms with van der Waals surface area (Å²) in [5, 5.41) is 12.2. The fourth-order valence-electron chi connectivity index (χ4n) is 5.41. The Morgan fingerprint density at radius 2 is 2.05 bits per heavy atom. The molecule has 3 aromatic heterocycles. The van der Waals surface area contributed by atoms with Crippen molar-refractivity contribution in [1.82, 2.24) is 9.78 Å². The third-order valence-electron chi connectivity index (χ3n) is 7.59. The van der Waals surface area contributed by atoms with Crippen molar-refractivity contribution < 1.29 is 27.5 Å². The summed E-state index contributed by atoms with van der Waals surface area (Å²) >= 11 is 6.03. The molecule has 3 atom stereocenters. The zero-order valence-electron chi connectivity index (χ0n) is 22.4. The Morgan fingerprint density at radius 3 is 2.67 bits per heavy atom. The van der Waals surface area contributed by atoms with E-state index in [0.717, 1.165) is 32.8 Å². The molecular formula is C27H30BrF3N4O3S2. The van der Waals surface area contributed by atoms with Gasteiger partial charge in [0.25, 0.3) is 5.91 Å². The Balaban J connectivity index is 1.49. The molecule has 1 amide bonds. The fraction of sp³-hybridized carbons (Fsp3) is 0.519. The van der Waals surface area contributed by atoms with Gasteiger partial charge in [-0.2, -0.15) is 18.3 Å². The van der Waals surface area contributed by atoms with Gasteiger partial charge in [-0.15, -0.1) is 22.7 Å². The van der Waals surface area contributed by atoms with E-state index in [0.29, 0.717) is 22.9 Å². The number of anilines is 2. The minimum Gasteiger partial charge on any atom is -0.462 e. The number of hydrogen-bond acceptors (Lipinski definition) is 7. The standard InChI is InChI=1S/C27H30BrF3N4O3S2/c1-5-38-25(37)19-14-9-8-13(26(2,3)4)11-17(14)40-24(19)33-23(36)21-20(28)22-32-15(16-7-6-10-39-16)12-18(27(29,30)31)35(22)34-21/h6-7,10,13,15,18,32H,5,8-9,11-12H2,1-4H3,(H,33,36)/t13?,15-,18+/m1/s1. The van der Waals surface area contributed by atoms with Crippen molar-refractivity contribution in [3.8, 4) is 0 Å². The second-order valence-electron chi connectivity index (χ2n) is 11.1. The Hall–Kier alpha value is -2.38. The molecule has 40 heavy (non-hydrogen) atoms. The molecule has 3 aromatic rings.